The van der Waals surface area contributed by atoms with Crippen LogP contribution in [0.15, 0.2) is 54.3 Å². The van der Waals surface area contributed by atoms with E-state index in [0.717, 1.165) is 37.3 Å². The van der Waals surface area contributed by atoms with Crippen molar-refractivity contribution >= 4 is 5.78 Å². The molecule has 4 nitrogen and oxygen atoms in total. The SMILES string of the molecule is C=CCN1CC2=CC(=O)C(OC)=CC23CC1Cc1cc(OC)ccc13. The molecule has 4 rings (SSSR count). The molecule has 1 fully saturated rings. The number of fused-ring (bicyclic) bond motifs is 2. The minimum absolute atomic E-state index is 0.0410. The van der Waals surface area contributed by atoms with Gasteiger partial charge in [0.15, 0.2) is 5.76 Å². The summed E-state index contributed by atoms with van der Waals surface area (Å²) in [5.41, 5.74) is 3.47. The van der Waals surface area contributed by atoms with Crippen LogP contribution in [0, 0.1) is 0 Å². The van der Waals surface area contributed by atoms with Crippen LogP contribution in [-0.2, 0) is 21.4 Å². The Morgan fingerprint density at radius 1 is 1.36 bits per heavy atom. The Morgan fingerprint density at radius 3 is 2.92 bits per heavy atom. The van der Waals surface area contributed by atoms with Crippen molar-refractivity contribution in [3.63, 3.8) is 0 Å². The number of carbonyl (C=O) groups excluding carboxylic acids is 1. The predicted octanol–water partition coefficient (Wildman–Crippen LogP) is 2.79. The fraction of sp³-hybridized carbons (Fsp3) is 0.381. The summed E-state index contributed by atoms with van der Waals surface area (Å²) in [5.74, 6) is 1.28. The molecule has 2 aliphatic carbocycles. The summed E-state index contributed by atoms with van der Waals surface area (Å²) < 4.78 is 10.8. The van der Waals surface area contributed by atoms with E-state index in [4.69, 9.17) is 9.47 Å². The molecule has 1 spiro atoms. The maximum Gasteiger partial charge on any atom is 0.220 e. The quantitative estimate of drug-likeness (QED) is 0.792. The zero-order valence-corrected chi connectivity index (χ0v) is 14.7. The number of hydrogen-bond donors (Lipinski definition) is 0. The van der Waals surface area contributed by atoms with Gasteiger partial charge in [-0.1, -0.05) is 12.1 Å². The topological polar surface area (TPSA) is 38.8 Å². The van der Waals surface area contributed by atoms with E-state index in [1.54, 1.807) is 20.3 Å². The molecule has 0 radical (unpaired) electrons. The standard InChI is InChI=1S/C21H23NO3/c1-4-7-22-13-15-10-19(23)20(25-3)12-21(15)11-16(22)8-14-9-17(24-2)5-6-18(14)21/h4-6,9-10,12,16H,1,7-8,11,13H2,2-3H3. The molecule has 0 saturated carbocycles. The van der Waals surface area contributed by atoms with E-state index in [1.807, 2.05) is 18.2 Å². The third-order valence-electron chi connectivity index (χ3n) is 5.78. The summed E-state index contributed by atoms with van der Waals surface area (Å²) >= 11 is 0. The number of methoxy groups -OCH3 is 2. The van der Waals surface area contributed by atoms with Crippen LogP contribution >= 0.6 is 0 Å². The molecule has 1 heterocycles. The highest BCUT2D eigenvalue weighted by Crippen LogP contribution is 2.51. The van der Waals surface area contributed by atoms with Crippen LogP contribution in [0.25, 0.3) is 0 Å². The Hall–Kier alpha value is -2.33. The van der Waals surface area contributed by atoms with Crippen LogP contribution < -0.4 is 4.74 Å². The van der Waals surface area contributed by atoms with E-state index < -0.39 is 0 Å². The van der Waals surface area contributed by atoms with Gasteiger partial charge < -0.3 is 9.47 Å². The predicted molar refractivity (Wildman–Crippen MR) is 96.7 cm³/mol. The Kier molecular flexibility index (Phi) is 3.80. The van der Waals surface area contributed by atoms with Crippen LogP contribution in [0.3, 0.4) is 0 Å². The van der Waals surface area contributed by atoms with E-state index in [1.165, 1.54) is 11.1 Å². The minimum Gasteiger partial charge on any atom is -0.497 e. The van der Waals surface area contributed by atoms with Crippen molar-refractivity contribution in [2.45, 2.75) is 24.3 Å². The van der Waals surface area contributed by atoms with Crippen molar-refractivity contribution in [1.29, 1.82) is 0 Å². The van der Waals surface area contributed by atoms with E-state index in [0.29, 0.717) is 11.8 Å². The Labute approximate surface area is 148 Å². The Bertz CT molecular complexity index is 807. The molecule has 1 aromatic rings. The molecular formula is C21H23NO3. The minimum atomic E-state index is -0.249. The zero-order chi connectivity index (χ0) is 17.6. The molecule has 2 atom stereocenters. The molecule has 3 aliphatic rings. The molecule has 25 heavy (non-hydrogen) atoms. The van der Waals surface area contributed by atoms with Gasteiger partial charge in [-0.05, 0) is 53.8 Å². The average Bonchev–Trinajstić information content (AvgIpc) is 2.62. The maximum absolute atomic E-state index is 12.4. The van der Waals surface area contributed by atoms with Crippen LogP contribution in [0.1, 0.15) is 17.5 Å². The van der Waals surface area contributed by atoms with Gasteiger partial charge >= 0.3 is 0 Å². The monoisotopic (exact) mass is 337 g/mol. The first-order chi connectivity index (χ1) is 12.1. The van der Waals surface area contributed by atoms with Crippen LogP contribution in [0.4, 0.5) is 0 Å². The lowest BCUT2D eigenvalue weighted by Gasteiger charge is -2.52. The highest BCUT2D eigenvalue weighted by Gasteiger charge is 2.49. The fourth-order valence-electron chi connectivity index (χ4n) is 4.63. The van der Waals surface area contributed by atoms with E-state index >= 15 is 0 Å². The molecule has 0 aromatic heterocycles. The number of likely N-dealkylation sites (tertiary alicyclic amines) is 1. The van der Waals surface area contributed by atoms with Crippen molar-refractivity contribution in [2.24, 2.45) is 0 Å². The second-order valence-corrected chi connectivity index (χ2v) is 7.02. The average molecular weight is 337 g/mol. The van der Waals surface area contributed by atoms with Crippen LogP contribution in [0.5, 0.6) is 5.75 Å². The van der Waals surface area contributed by atoms with Crippen molar-refractivity contribution < 1.29 is 14.3 Å². The Morgan fingerprint density at radius 2 is 2.20 bits per heavy atom. The largest absolute Gasteiger partial charge is 0.497 e. The molecule has 1 aliphatic heterocycles. The number of ketones is 1. The highest BCUT2D eigenvalue weighted by atomic mass is 16.5. The number of allylic oxidation sites excluding steroid dienone is 2. The molecule has 1 saturated heterocycles. The van der Waals surface area contributed by atoms with Crippen LogP contribution in [-0.4, -0.2) is 44.0 Å². The Balaban J connectivity index is 1.91. The second-order valence-electron chi connectivity index (χ2n) is 7.02. The molecule has 1 aromatic carbocycles. The van der Waals surface area contributed by atoms with E-state index in [-0.39, 0.29) is 11.2 Å². The number of hydrogen-bond acceptors (Lipinski definition) is 4. The molecule has 2 bridgehead atoms. The molecular weight excluding hydrogens is 314 g/mol. The summed E-state index contributed by atoms with van der Waals surface area (Å²) in [6.07, 6.45) is 7.72. The summed E-state index contributed by atoms with van der Waals surface area (Å²) in [4.78, 5) is 14.8. The number of ether oxygens (including phenoxy) is 2. The first-order valence-electron chi connectivity index (χ1n) is 8.66. The smallest absolute Gasteiger partial charge is 0.220 e. The molecule has 2 unspecified atom stereocenters. The molecule has 0 N–H and O–H groups in total. The summed E-state index contributed by atoms with van der Waals surface area (Å²) in [7, 11) is 3.27. The summed E-state index contributed by atoms with van der Waals surface area (Å²) in [5, 5.41) is 0. The number of piperidine rings is 1. The van der Waals surface area contributed by atoms with Gasteiger partial charge in [-0.15, -0.1) is 6.58 Å². The van der Waals surface area contributed by atoms with E-state index in [2.05, 4.69) is 23.6 Å². The number of carbonyl (C=O) groups is 1. The van der Waals surface area contributed by atoms with Gasteiger partial charge in [0.05, 0.1) is 14.2 Å². The zero-order valence-electron chi connectivity index (χ0n) is 14.7. The normalized spacial score (nSPS) is 27.6. The second kappa shape index (κ2) is 5.88. The van der Waals surface area contributed by atoms with Gasteiger partial charge in [0.1, 0.15) is 5.75 Å². The first kappa shape index (κ1) is 16.2. The number of nitrogens with zero attached hydrogens (tertiary/aromatic N) is 1. The molecule has 130 valence electrons. The van der Waals surface area contributed by atoms with Gasteiger partial charge in [0, 0.05) is 24.5 Å². The van der Waals surface area contributed by atoms with Crippen molar-refractivity contribution in [1.82, 2.24) is 4.90 Å². The highest BCUT2D eigenvalue weighted by molar-refractivity contribution is 6.05. The fourth-order valence-corrected chi connectivity index (χ4v) is 4.63. The third-order valence-corrected chi connectivity index (χ3v) is 5.78. The van der Waals surface area contributed by atoms with Crippen molar-refractivity contribution in [3.05, 3.63) is 65.5 Å². The lowest BCUT2D eigenvalue weighted by atomic mass is 9.59. The molecule has 4 heteroatoms. The van der Waals surface area contributed by atoms with Crippen molar-refractivity contribution in [2.75, 3.05) is 27.3 Å². The maximum atomic E-state index is 12.4. The van der Waals surface area contributed by atoms with Gasteiger partial charge in [-0.2, -0.15) is 0 Å². The lowest BCUT2D eigenvalue weighted by molar-refractivity contribution is -0.114. The summed E-state index contributed by atoms with van der Waals surface area (Å²) in [6.45, 7) is 5.51. The lowest BCUT2D eigenvalue weighted by Crippen LogP contribution is -2.55. The first-order valence-corrected chi connectivity index (χ1v) is 8.66. The van der Waals surface area contributed by atoms with Gasteiger partial charge in [0.2, 0.25) is 5.78 Å². The van der Waals surface area contributed by atoms with E-state index in [9.17, 15) is 4.79 Å². The molecule has 0 amide bonds. The van der Waals surface area contributed by atoms with Crippen molar-refractivity contribution in [3.8, 4) is 5.75 Å². The number of benzene rings is 1. The summed E-state index contributed by atoms with van der Waals surface area (Å²) in [6, 6.07) is 6.71. The number of rotatable bonds is 4. The van der Waals surface area contributed by atoms with Crippen LogP contribution in [0.2, 0.25) is 0 Å². The van der Waals surface area contributed by atoms with Gasteiger partial charge in [0.25, 0.3) is 0 Å². The van der Waals surface area contributed by atoms with Gasteiger partial charge in [-0.25, -0.2) is 0 Å². The third kappa shape index (κ3) is 2.35. The van der Waals surface area contributed by atoms with Gasteiger partial charge in [-0.3, -0.25) is 9.69 Å².